The Labute approximate surface area is 219 Å². The van der Waals surface area contributed by atoms with Crippen LogP contribution in [0.2, 0.25) is 0 Å². The molecule has 200 valence electrons. The van der Waals surface area contributed by atoms with Crippen molar-refractivity contribution in [2.75, 3.05) is 40.5 Å². The number of thiophene rings is 1. The molecule has 11 heteroatoms. The Morgan fingerprint density at radius 3 is 2.59 bits per heavy atom. The van der Waals surface area contributed by atoms with Crippen molar-refractivity contribution in [3.05, 3.63) is 70.1 Å². The third-order valence-corrected chi connectivity index (χ3v) is 6.20. The molecule has 10 nitrogen and oxygen atoms in total. The predicted molar refractivity (Wildman–Crippen MR) is 138 cm³/mol. The highest BCUT2D eigenvalue weighted by Gasteiger charge is 2.21. The number of quaternary nitrogens is 1. The molecular formula is C26H32N2O8S. The van der Waals surface area contributed by atoms with E-state index in [1.807, 2.05) is 60.0 Å². The van der Waals surface area contributed by atoms with Crippen LogP contribution in [0, 0.1) is 5.21 Å². The van der Waals surface area contributed by atoms with Gasteiger partial charge in [-0.15, -0.1) is 11.3 Å². The molecule has 1 amide bonds. The van der Waals surface area contributed by atoms with Gasteiger partial charge in [-0.25, -0.2) is 19.7 Å². The number of hydroxylamine groups is 2. The second-order valence-corrected chi connectivity index (χ2v) is 9.12. The lowest BCUT2D eigenvalue weighted by Crippen LogP contribution is -3.02. The zero-order valence-electron chi connectivity index (χ0n) is 21.1. The van der Waals surface area contributed by atoms with Gasteiger partial charge in [0.05, 0.1) is 13.7 Å². The monoisotopic (exact) mass is 532 g/mol. The van der Waals surface area contributed by atoms with Gasteiger partial charge in [0.15, 0.2) is 0 Å². The first-order chi connectivity index (χ1) is 17.8. The molecular weight excluding hydrogens is 500 g/mol. The van der Waals surface area contributed by atoms with Crippen LogP contribution in [-0.4, -0.2) is 63.7 Å². The van der Waals surface area contributed by atoms with E-state index >= 15 is 0 Å². The molecule has 1 aromatic heterocycles. The SMILES string of the molecule is CC(OC(=O)COCCO[NH+](C)[O-])OC(=O)N(C)CC[C@H](Oc1cccc2ccccc12)c1cccs1. The van der Waals surface area contributed by atoms with Crippen molar-refractivity contribution in [1.82, 2.24) is 4.90 Å². The van der Waals surface area contributed by atoms with Gasteiger partial charge < -0.3 is 29.1 Å². The van der Waals surface area contributed by atoms with Crippen LogP contribution < -0.4 is 9.96 Å². The molecule has 2 unspecified atom stereocenters. The maximum absolute atomic E-state index is 12.5. The predicted octanol–water partition coefficient (Wildman–Crippen LogP) is 3.33. The second-order valence-electron chi connectivity index (χ2n) is 8.14. The van der Waals surface area contributed by atoms with Crippen LogP contribution in [0.4, 0.5) is 4.79 Å². The smallest absolute Gasteiger partial charge is 0.412 e. The number of hydrogen-bond acceptors (Lipinski definition) is 9. The molecule has 0 spiro atoms. The highest BCUT2D eigenvalue weighted by molar-refractivity contribution is 7.10. The number of nitrogens with one attached hydrogen (secondary N) is 1. The van der Waals surface area contributed by atoms with Gasteiger partial charge in [-0.05, 0) is 22.9 Å². The van der Waals surface area contributed by atoms with Crippen molar-refractivity contribution in [2.45, 2.75) is 25.7 Å². The first-order valence-corrected chi connectivity index (χ1v) is 12.7. The summed E-state index contributed by atoms with van der Waals surface area (Å²) in [6.45, 7) is 1.53. The average molecular weight is 533 g/mol. The molecule has 2 aromatic carbocycles. The summed E-state index contributed by atoms with van der Waals surface area (Å²) in [4.78, 5) is 31.5. The van der Waals surface area contributed by atoms with E-state index < -0.39 is 23.6 Å². The lowest BCUT2D eigenvalue weighted by atomic mass is 10.1. The van der Waals surface area contributed by atoms with E-state index in [9.17, 15) is 14.8 Å². The minimum Gasteiger partial charge on any atom is -0.600 e. The lowest BCUT2D eigenvalue weighted by Gasteiger charge is -2.24. The first kappa shape index (κ1) is 28.4. The fraction of sp³-hybridized carbons (Fsp3) is 0.385. The van der Waals surface area contributed by atoms with Gasteiger partial charge in [-0.3, -0.25) is 0 Å². The van der Waals surface area contributed by atoms with E-state index in [0.29, 0.717) is 13.0 Å². The van der Waals surface area contributed by atoms with Gasteiger partial charge in [0.25, 0.3) is 0 Å². The number of carbonyl (C=O) groups is 2. The molecule has 0 radical (unpaired) electrons. The van der Waals surface area contributed by atoms with Crippen LogP contribution in [-0.2, 0) is 23.8 Å². The van der Waals surface area contributed by atoms with Crippen molar-refractivity contribution >= 4 is 34.2 Å². The summed E-state index contributed by atoms with van der Waals surface area (Å²) < 4.78 is 21.7. The molecule has 1 N–H and O–H groups in total. The summed E-state index contributed by atoms with van der Waals surface area (Å²) in [5.74, 6) is 0.0735. The normalized spacial score (nSPS) is 13.5. The molecule has 0 saturated carbocycles. The number of ether oxygens (including phenoxy) is 4. The molecule has 3 aromatic rings. The molecule has 3 atom stereocenters. The zero-order chi connectivity index (χ0) is 26.6. The van der Waals surface area contributed by atoms with Crippen LogP contribution in [0.1, 0.15) is 24.3 Å². The number of esters is 1. The van der Waals surface area contributed by atoms with E-state index in [0.717, 1.165) is 21.4 Å². The van der Waals surface area contributed by atoms with Gasteiger partial charge in [0.1, 0.15) is 25.1 Å². The molecule has 3 rings (SSSR count). The fourth-order valence-electron chi connectivity index (χ4n) is 3.46. The molecule has 0 saturated heterocycles. The number of carbonyl (C=O) groups excluding carboxylic acids is 2. The standard InChI is InChI=1S/C26H32N2O8S/c1-19(34-25(29)18-32-15-16-33-28(3)31)35-26(30)27(2)14-13-23(24-12-7-17-37-24)36-22-11-6-9-20-8-4-5-10-21(20)22/h4-12,17,19,23,28H,13-16,18H2,1-3H3/t19?,23-/m0/s1. The highest BCUT2D eigenvalue weighted by atomic mass is 32.1. The van der Waals surface area contributed by atoms with Crippen molar-refractivity contribution in [2.24, 2.45) is 0 Å². The van der Waals surface area contributed by atoms with Gasteiger partial charge in [0.2, 0.25) is 6.29 Å². The Morgan fingerprint density at radius 2 is 1.84 bits per heavy atom. The van der Waals surface area contributed by atoms with E-state index in [4.69, 9.17) is 23.8 Å². The average Bonchev–Trinajstić information content (AvgIpc) is 3.40. The Kier molecular flexibility index (Phi) is 11.1. The van der Waals surface area contributed by atoms with Gasteiger partial charge in [0, 0.05) is 37.2 Å². The Morgan fingerprint density at radius 1 is 1.05 bits per heavy atom. The van der Waals surface area contributed by atoms with Crippen molar-refractivity contribution in [3.63, 3.8) is 0 Å². The van der Waals surface area contributed by atoms with Crippen molar-refractivity contribution in [3.8, 4) is 5.75 Å². The topological polar surface area (TPSA) is 111 Å². The summed E-state index contributed by atoms with van der Waals surface area (Å²) in [5.41, 5.74) is 0. The van der Waals surface area contributed by atoms with Crippen LogP contribution in [0.5, 0.6) is 5.75 Å². The molecule has 0 fully saturated rings. The van der Waals surface area contributed by atoms with E-state index in [-0.39, 0.29) is 25.9 Å². The maximum Gasteiger partial charge on any atom is 0.412 e. The van der Waals surface area contributed by atoms with E-state index in [1.54, 1.807) is 18.4 Å². The number of amides is 1. The van der Waals surface area contributed by atoms with Crippen LogP contribution in [0.3, 0.4) is 0 Å². The molecule has 0 aliphatic rings. The Balaban J connectivity index is 1.48. The second kappa shape index (κ2) is 14.5. The maximum atomic E-state index is 12.5. The van der Waals surface area contributed by atoms with Crippen LogP contribution in [0.15, 0.2) is 60.0 Å². The van der Waals surface area contributed by atoms with E-state index in [1.165, 1.54) is 18.9 Å². The minimum absolute atomic E-state index is 0.0363. The number of nitrogens with zero attached hydrogens (tertiary/aromatic N) is 1. The molecule has 0 aliphatic carbocycles. The highest BCUT2D eigenvalue weighted by Crippen LogP contribution is 2.32. The Bertz CT molecular complexity index is 1120. The quantitative estimate of drug-likeness (QED) is 0.146. The number of hydrogen-bond donors (Lipinski definition) is 1. The molecule has 37 heavy (non-hydrogen) atoms. The summed E-state index contributed by atoms with van der Waals surface area (Å²) in [7, 11) is 2.89. The summed E-state index contributed by atoms with van der Waals surface area (Å²) in [6.07, 6.45) is -1.47. The largest absolute Gasteiger partial charge is 0.600 e. The number of fused-ring (bicyclic) bond motifs is 1. The van der Waals surface area contributed by atoms with Crippen molar-refractivity contribution < 1.29 is 38.6 Å². The molecule has 0 bridgehead atoms. The van der Waals surface area contributed by atoms with E-state index in [2.05, 4.69) is 0 Å². The molecule has 1 heterocycles. The number of benzene rings is 2. The zero-order valence-corrected chi connectivity index (χ0v) is 21.9. The summed E-state index contributed by atoms with van der Waals surface area (Å²) in [6, 6.07) is 17.9. The van der Waals surface area contributed by atoms with Crippen LogP contribution in [0.25, 0.3) is 10.8 Å². The summed E-state index contributed by atoms with van der Waals surface area (Å²) >= 11 is 1.59. The first-order valence-electron chi connectivity index (χ1n) is 11.8. The Hall–Kier alpha value is -3.22. The fourth-order valence-corrected chi connectivity index (χ4v) is 4.25. The lowest BCUT2D eigenvalue weighted by molar-refractivity contribution is -1.04. The number of rotatable bonds is 14. The van der Waals surface area contributed by atoms with Gasteiger partial charge in [-0.2, -0.15) is 0 Å². The van der Waals surface area contributed by atoms with Gasteiger partial charge >= 0.3 is 12.1 Å². The molecule has 0 aliphatic heterocycles. The van der Waals surface area contributed by atoms with Gasteiger partial charge in [-0.1, -0.05) is 42.5 Å². The minimum atomic E-state index is -1.10. The third-order valence-electron chi connectivity index (χ3n) is 5.23. The third kappa shape index (κ3) is 9.30. The van der Waals surface area contributed by atoms with Crippen molar-refractivity contribution in [1.29, 1.82) is 0 Å². The summed E-state index contributed by atoms with van der Waals surface area (Å²) in [5, 5.41) is 14.4. The van der Waals surface area contributed by atoms with Crippen LogP contribution >= 0.6 is 11.3 Å².